The summed E-state index contributed by atoms with van der Waals surface area (Å²) >= 11 is 0. The maximum absolute atomic E-state index is 9.10. The fraction of sp³-hybridized carbons (Fsp3) is 0. The number of hydrogen-bond acceptors (Lipinski definition) is 2. The van der Waals surface area contributed by atoms with Gasteiger partial charge in [-0.2, -0.15) is 0 Å². The van der Waals surface area contributed by atoms with E-state index in [4.69, 9.17) is 19.8 Å². The first-order chi connectivity index (χ1) is 2.64. The minimum Gasteiger partial charge on any atom is -1.00 e. The number of hydrogen-bond donors (Lipinski definition) is 2. The zero-order valence-electron chi connectivity index (χ0n) is 5.92. The van der Waals surface area contributed by atoms with Crippen LogP contribution < -0.4 is 0 Å². The normalized spacial score (nSPS) is 5.50. The molecular formula is C2H4BaO4Ti. The molecule has 0 aliphatic carbocycles. The predicted octanol–water partition coefficient (Wildman–Crippen LogP) is -1.00. The third-order valence-electron chi connectivity index (χ3n) is 0.183. The average Bonchev–Trinajstić information content (AvgIpc) is 1.36. The molecule has 0 rings (SSSR count). The van der Waals surface area contributed by atoms with Gasteiger partial charge in [-0.15, -0.1) is 0 Å². The van der Waals surface area contributed by atoms with E-state index in [0.717, 1.165) is 0 Å². The third kappa shape index (κ3) is 10.3. The predicted molar refractivity (Wildman–Crippen MR) is 23.2 cm³/mol. The van der Waals surface area contributed by atoms with Gasteiger partial charge in [-0.05, 0) is 0 Å². The minimum absolute atomic E-state index is 0. The smallest absolute Gasteiger partial charge is 1.00 e. The van der Waals surface area contributed by atoms with Gasteiger partial charge in [0.05, 0.1) is 0 Å². The van der Waals surface area contributed by atoms with Crippen molar-refractivity contribution in [2.75, 3.05) is 0 Å². The Labute approximate surface area is 104 Å². The molecule has 2 N–H and O–H groups in total. The SMILES string of the molecule is O=C(O)C(=O)O.[Ba+2].[H-].[H-].[Ti]. The van der Waals surface area contributed by atoms with Crippen molar-refractivity contribution in [3.05, 3.63) is 0 Å². The zero-order valence-corrected chi connectivity index (χ0v) is 9.92. The van der Waals surface area contributed by atoms with Crippen LogP contribution in [0.1, 0.15) is 2.85 Å². The molecule has 0 amide bonds. The fourth-order valence-electron chi connectivity index (χ4n) is 0. The van der Waals surface area contributed by atoms with Crippen LogP contribution >= 0.6 is 0 Å². The van der Waals surface area contributed by atoms with E-state index in [2.05, 4.69) is 0 Å². The van der Waals surface area contributed by atoms with Gasteiger partial charge in [0.2, 0.25) is 0 Å². The third-order valence-corrected chi connectivity index (χ3v) is 0.183. The second-order valence-corrected chi connectivity index (χ2v) is 0.610. The Morgan fingerprint density at radius 1 is 1.12 bits per heavy atom. The number of rotatable bonds is 0. The Bertz CT molecular complexity index is 87.3. The summed E-state index contributed by atoms with van der Waals surface area (Å²) in [4.78, 5) is 18.2. The van der Waals surface area contributed by atoms with E-state index < -0.39 is 11.9 Å². The Balaban J connectivity index is -0.0000000208. The van der Waals surface area contributed by atoms with Gasteiger partial charge in [0.1, 0.15) is 0 Å². The molecule has 4 nitrogen and oxygen atoms in total. The molecule has 0 saturated heterocycles. The maximum atomic E-state index is 9.10. The molecule has 0 aromatic carbocycles. The van der Waals surface area contributed by atoms with Crippen molar-refractivity contribution < 1.29 is 44.4 Å². The van der Waals surface area contributed by atoms with E-state index in [0.29, 0.717) is 0 Å². The van der Waals surface area contributed by atoms with Crippen LogP contribution in [0.2, 0.25) is 0 Å². The molecule has 0 atom stereocenters. The van der Waals surface area contributed by atoms with E-state index in [1.165, 1.54) is 0 Å². The van der Waals surface area contributed by atoms with E-state index in [1.54, 1.807) is 0 Å². The van der Waals surface area contributed by atoms with Crippen molar-refractivity contribution in [1.82, 2.24) is 0 Å². The first-order valence-corrected chi connectivity index (χ1v) is 1.11. The van der Waals surface area contributed by atoms with Gasteiger partial charge < -0.3 is 13.1 Å². The van der Waals surface area contributed by atoms with Crippen molar-refractivity contribution in [1.29, 1.82) is 0 Å². The Hall–Kier alpha value is 1.23. The van der Waals surface area contributed by atoms with Crippen LogP contribution in [-0.4, -0.2) is 71.0 Å². The molecule has 0 aromatic heterocycles. The molecule has 0 spiro atoms. The number of carboxylic acid groups (broad SMARTS) is 2. The van der Waals surface area contributed by atoms with E-state index >= 15 is 0 Å². The van der Waals surface area contributed by atoms with Crippen LogP contribution in [0.25, 0.3) is 0 Å². The molecule has 6 heteroatoms. The topological polar surface area (TPSA) is 74.6 Å². The monoisotopic (exact) mass is 278 g/mol. The van der Waals surface area contributed by atoms with Crippen molar-refractivity contribution in [2.45, 2.75) is 0 Å². The first kappa shape index (κ1) is 16.1. The summed E-state index contributed by atoms with van der Waals surface area (Å²) in [5.74, 6) is -3.65. The number of aliphatic carboxylic acids is 2. The fourth-order valence-corrected chi connectivity index (χ4v) is 0. The first-order valence-electron chi connectivity index (χ1n) is 1.11. The molecule has 0 fully saturated rings. The van der Waals surface area contributed by atoms with Gasteiger partial charge in [0, 0.05) is 21.7 Å². The Morgan fingerprint density at radius 3 is 1.25 bits per heavy atom. The van der Waals surface area contributed by atoms with Crippen molar-refractivity contribution in [3.8, 4) is 0 Å². The maximum Gasteiger partial charge on any atom is 2.00 e. The van der Waals surface area contributed by atoms with Crippen LogP contribution in [0.3, 0.4) is 0 Å². The molecule has 0 saturated carbocycles. The molecule has 0 unspecified atom stereocenters. The molecule has 0 aromatic rings. The largest absolute Gasteiger partial charge is 2.00 e. The molecule has 0 bridgehead atoms. The summed E-state index contributed by atoms with van der Waals surface area (Å²) in [6.45, 7) is 0. The minimum atomic E-state index is -1.82. The van der Waals surface area contributed by atoms with Crippen LogP contribution in [0.5, 0.6) is 0 Å². The van der Waals surface area contributed by atoms with Gasteiger partial charge in [0.15, 0.2) is 0 Å². The second kappa shape index (κ2) is 8.23. The van der Waals surface area contributed by atoms with E-state index in [9.17, 15) is 0 Å². The van der Waals surface area contributed by atoms with E-state index in [-0.39, 0.29) is 73.5 Å². The molecule has 0 aliphatic rings. The quantitative estimate of drug-likeness (QED) is 0.440. The molecule has 0 heterocycles. The summed E-state index contributed by atoms with van der Waals surface area (Å²) in [6.07, 6.45) is 0. The van der Waals surface area contributed by atoms with Crippen LogP contribution in [0, 0.1) is 0 Å². The zero-order chi connectivity index (χ0) is 5.15. The molecular weight excluding hydrogens is 273 g/mol. The van der Waals surface area contributed by atoms with Gasteiger partial charge >= 0.3 is 60.8 Å². The van der Waals surface area contributed by atoms with Crippen molar-refractivity contribution in [2.24, 2.45) is 0 Å². The molecule has 0 radical (unpaired) electrons. The van der Waals surface area contributed by atoms with Crippen LogP contribution in [0.15, 0.2) is 0 Å². The Kier molecular flexibility index (Phi) is 16.6. The standard InChI is InChI=1S/C2H2O4.Ba.Ti.2H/c3-1(4)2(5)6;;;;/h(H,3,4)(H,5,6);;;;/q;+2;;2*-1. The summed E-state index contributed by atoms with van der Waals surface area (Å²) in [5.41, 5.74) is 0. The molecule has 0 aliphatic heterocycles. The number of carboxylic acids is 2. The number of carbonyl (C=O) groups is 2. The van der Waals surface area contributed by atoms with Crippen molar-refractivity contribution in [3.63, 3.8) is 0 Å². The molecule has 42 valence electrons. The summed E-state index contributed by atoms with van der Waals surface area (Å²) in [7, 11) is 0. The van der Waals surface area contributed by atoms with Gasteiger partial charge in [0.25, 0.3) is 0 Å². The van der Waals surface area contributed by atoms with E-state index in [1.807, 2.05) is 0 Å². The summed E-state index contributed by atoms with van der Waals surface area (Å²) in [5, 5.41) is 14.8. The van der Waals surface area contributed by atoms with Gasteiger partial charge in [-0.3, -0.25) is 0 Å². The van der Waals surface area contributed by atoms with Crippen LogP contribution in [0.4, 0.5) is 0 Å². The van der Waals surface area contributed by atoms with Gasteiger partial charge in [-0.25, -0.2) is 9.59 Å². The summed E-state index contributed by atoms with van der Waals surface area (Å²) < 4.78 is 0. The van der Waals surface area contributed by atoms with Gasteiger partial charge in [-0.1, -0.05) is 0 Å². The molecule has 8 heavy (non-hydrogen) atoms. The van der Waals surface area contributed by atoms with Crippen molar-refractivity contribution >= 4 is 60.8 Å². The average molecular weight is 277 g/mol. The second-order valence-electron chi connectivity index (χ2n) is 0.610. The van der Waals surface area contributed by atoms with Crippen LogP contribution in [-0.2, 0) is 31.3 Å². The summed E-state index contributed by atoms with van der Waals surface area (Å²) in [6, 6.07) is 0. The Morgan fingerprint density at radius 2 is 1.25 bits per heavy atom.